The molecule has 2 aromatic rings. The Morgan fingerprint density at radius 3 is 2.21 bits per heavy atom. The number of methoxy groups -OCH3 is 2. The molecule has 0 saturated heterocycles. The quantitative estimate of drug-likeness (QED) is 0.914. The van der Waals surface area contributed by atoms with Crippen molar-refractivity contribution in [1.82, 2.24) is 9.97 Å². The van der Waals surface area contributed by atoms with Gasteiger partial charge in [-0.2, -0.15) is 0 Å². The largest absolute Gasteiger partial charge is 0.496 e. The van der Waals surface area contributed by atoms with Crippen LogP contribution < -0.4 is 14.8 Å². The molecule has 100 valence electrons. The van der Waals surface area contributed by atoms with E-state index in [-0.39, 0.29) is 0 Å². The molecule has 0 aliphatic carbocycles. The van der Waals surface area contributed by atoms with Crippen molar-refractivity contribution in [2.45, 2.75) is 6.92 Å². The van der Waals surface area contributed by atoms with E-state index in [1.54, 1.807) is 14.2 Å². The van der Waals surface area contributed by atoms with Gasteiger partial charge in [0.05, 0.1) is 25.5 Å². The van der Waals surface area contributed by atoms with Gasteiger partial charge < -0.3 is 14.8 Å². The second-order valence-electron chi connectivity index (χ2n) is 3.98. The second-order valence-corrected chi connectivity index (χ2v) is 3.98. The Bertz CT molecular complexity index is 563. The summed E-state index contributed by atoms with van der Waals surface area (Å²) >= 11 is 0. The molecule has 0 bridgehead atoms. The Morgan fingerprint density at radius 2 is 1.68 bits per heavy atom. The number of rotatable bonds is 4. The lowest BCUT2D eigenvalue weighted by Crippen LogP contribution is -2.01. The first kappa shape index (κ1) is 13.1. The molecule has 19 heavy (non-hydrogen) atoms. The van der Waals surface area contributed by atoms with E-state index in [9.17, 15) is 0 Å². The number of aromatic nitrogens is 2. The van der Waals surface area contributed by atoms with Crippen molar-refractivity contribution in [3.05, 3.63) is 30.1 Å². The Morgan fingerprint density at radius 1 is 1.05 bits per heavy atom. The third-order valence-corrected chi connectivity index (χ3v) is 2.99. The molecule has 1 N–H and O–H groups in total. The van der Waals surface area contributed by atoms with Crippen molar-refractivity contribution in [2.75, 3.05) is 26.6 Å². The van der Waals surface area contributed by atoms with Crippen LogP contribution in [-0.4, -0.2) is 31.2 Å². The van der Waals surface area contributed by atoms with Crippen LogP contribution in [0, 0.1) is 6.92 Å². The van der Waals surface area contributed by atoms with Gasteiger partial charge in [0.25, 0.3) is 0 Å². The summed E-state index contributed by atoms with van der Waals surface area (Å²) in [6.07, 6.45) is 1.53. The first-order valence-corrected chi connectivity index (χ1v) is 5.93. The zero-order chi connectivity index (χ0) is 13.8. The zero-order valence-corrected chi connectivity index (χ0v) is 11.5. The average molecular weight is 259 g/mol. The van der Waals surface area contributed by atoms with E-state index in [1.807, 2.05) is 32.2 Å². The Kier molecular flexibility index (Phi) is 3.85. The molecule has 1 heterocycles. The van der Waals surface area contributed by atoms with Crippen molar-refractivity contribution >= 4 is 5.82 Å². The first-order chi connectivity index (χ1) is 9.22. The fourth-order valence-corrected chi connectivity index (χ4v) is 2.04. The first-order valence-electron chi connectivity index (χ1n) is 5.93. The number of ether oxygens (including phenoxy) is 2. The Hall–Kier alpha value is -2.30. The summed E-state index contributed by atoms with van der Waals surface area (Å²) < 4.78 is 10.8. The van der Waals surface area contributed by atoms with Crippen LogP contribution in [0.4, 0.5) is 5.82 Å². The topological polar surface area (TPSA) is 56.3 Å². The van der Waals surface area contributed by atoms with Gasteiger partial charge in [0.1, 0.15) is 23.6 Å². The highest BCUT2D eigenvalue weighted by Crippen LogP contribution is 2.39. The zero-order valence-electron chi connectivity index (χ0n) is 11.5. The van der Waals surface area contributed by atoms with Crippen LogP contribution in [-0.2, 0) is 0 Å². The molecule has 5 heteroatoms. The van der Waals surface area contributed by atoms with Crippen LogP contribution in [0.5, 0.6) is 11.5 Å². The normalized spacial score (nSPS) is 10.1. The standard InChI is InChI=1S/C14H17N3O2/c1-9-13(16-8-17-14(9)15-2)12-10(18-3)6-5-7-11(12)19-4/h5-8H,1-4H3,(H,15,16,17). The molecule has 0 spiro atoms. The molecule has 5 nitrogen and oxygen atoms in total. The maximum absolute atomic E-state index is 5.41. The summed E-state index contributed by atoms with van der Waals surface area (Å²) in [4.78, 5) is 8.55. The molecule has 0 amide bonds. The number of nitrogens with one attached hydrogen (secondary N) is 1. The predicted octanol–water partition coefficient (Wildman–Crippen LogP) is 2.51. The van der Waals surface area contributed by atoms with Gasteiger partial charge in [-0.15, -0.1) is 0 Å². The van der Waals surface area contributed by atoms with Gasteiger partial charge in [-0.05, 0) is 19.1 Å². The number of anilines is 1. The van der Waals surface area contributed by atoms with Crippen molar-refractivity contribution in [1.29, 1.82) is 0 Å². The second kappa shape index (κ2) is 5.56. The van der Waals surface area contributed by atoms with E-state index >= 15 is 0 Å². The summed E-state index contributed by atoms with van der Waals surface area (Å²) in [5, 5.41) is 3.05. The van der Waals surface area contributed by atoms with E-state index in [4.69, 9.17) is 9.47 Å². The molecule has 0 saturated carbocycles. The fraction of sp³-hybridized carbons (Fsp3) is 0.286. The fourth-order valence-electron chi connectivity index (χ4n) is 2.04. The Labute approximate surface area is 112 Å². The number of nitrogens with zero attached hydrogens (tertiary/aromatic N) is 2. The van der Waals surface area contributed by atoms with Gasteiger partial charge in [0.2, 0.25) is 0 Å². The lowest BCUT2D eigenvalue weighted by Gasteiger charge is -2.15. The van der Waals surface area contributed by atoms with E-state index in [2.05, 4.69) is 15.3 Å². The SMILES string of the molecule is CNc1ncnc(-c2c(OC)cccc2OC)c1C. The van der Waals surface area contributed by atoms with Crippen LogP contribution >= 0.6 is 0 Å². The van der Waals surface area contributed by atoms with Gasteiger partial charge in [-0.3, -0.25) is 0 Å². The minimum absolute atomic E-state index is 0.725. The number of hydrogen-bond donors (Lipinski definition) is 1. The van der Waals surface area contributed by atoms with Gasteiger partial charge in [0, 0.05) is 12.6 Å². The molecule has 0 atom stereocenters. The average Bonchev–Trinajstić information content (AvgIpc) is 2.46. The molecule has 0 unspecified atom stereocenters. The third-order valence-electron chi connectivity index (χ3n) is 2.99. The molecule has 1 aromatic carbocycles. The van der Waals surface area contributed by atoms with E-state index in [1.165, 1.54) is 6.33 Å². The van der Waals surface area contributed by atoms with Crippen LogP contribution in [0.15, 0.2) is 24.5 Å². The molecule has 1 aromatic heterocycles. The summed E-state index contributed by atoms with van der Waals surface area (Å²) in [5.41, 5.74) is 2.59. The van der Waals surface area contributed by atoms with E-state index in [0.29, 0.717) is 0 Å². The van der Waals surface area contributed by atoms with Gasteiger partial charge >= 0.3 is 0 Å². The summed E-state index contributed by atoms with van der Waals surface area (Å²) in [7, 11) is 5.10. The van der Waals surface area contributed by atoms with E-state index < -0.39 is 0 Å². The lowest BCUT2D eigenvalue weighted by atomic mass is 10.0. The monoisotopic (exact) mass is 259 g/mol. The molecular formula is C14H17N3O2. The molecular weight excluding hydrogens is 242 g/mol. The maximum atomic E-state index is 5.41. The third kappa shape index (κ3) is 2.31. The van der Waals surface area contributed by atoms with Crippen molar-refractivity contribution in [2.24, 2.45) is 0 Å². The van der Waals surface area contributed by atoms with Crippen LogP contribution in [0.3, 0.4) is 0 Å². The minimum atomic E-state index is 0.725. The molecule has 2 rings (SSSR count). The maximum Gasteiger partial charge on any atom is 0.132 e. The van der Waals surface area contributed by atoms with Gasteiger partial charge in [-0.1, -0.05) is 6.07 Å². The smallest absolute Gasteiger partial charge is 0.132 e. The van der Waals surface area contributed by atoms with Crippen LogP contribution in [0.1, 0.15) is 5.56 Å². The minimum Gasteiger partial charge on any atom is -0.496 e. The Balaban J connectivity index is 2.71. The number of benzene rings is 1. The van der Waals surface area contributed by atoms with Gasteiger partial charge in [-0.25, -0.2) is 9.97 Å². The predicted molar refractivity (Wildman–Crippen MR) is 74.9 cm³/mol. The van der Waals surface area contributed by atoms with E-state index in [0.717, 1.165) is 34.1 Å². The highest BCUT2D eigenvalue weighted by atomic mass is 16.5. The molecule has 0 radical (unpaired) electrons. The summed E-state index contributed by atoms with van der Waals surface area (Å²) in [6.45, 7) is 1.97. The number of hydrogen-bond acceptors (Lipinski definition) is 5. The summed E-state index contributed by atoms with van der Waals surface area (Å²) in [6, 6.07) is 5.66. The summed E-state index contributed by atoms with van der Waals surface area (Å²) in [5.74, 6) is 2.24. The lowest BCUT2D eigenvalue weighted by molar-refractivity contribution is 0.397. The van der Waals surface area contributed by atoms with Crippen LogP contribution in [0.25, 0.3) is 11.3 Å². The molecule has 0 fully saturated rings. The van der Waals surface area contributed by atoms with Crippen molar-refractivity contribution in [3.63, 3.8) is 0 Å². The highest BCUT2D eigenvalue weighted by molar-refractivity contribution is 5.78. The highest BCUT2D eigenvalue weighted by Gasteiger charge is 2.17. The van der Waals surface area contributed by atoms with Crippen LogP contribution in [0.2, 0.25) is 0 Å². The van der Waals surface area contributed by atoms with Crippen molar-refractivity contribution in [3.8, 4) is 22.8 Å². The van der Waals surface area contributed by atoms with Gasteiger partial charge in [0.15, 0.2) is 0 Å². The van der Waals surface area contributed by atoms with Crippen molar-refractivity contribution < 1.29 is 9.47 Å². The molecule has 0 aliphatic heterocycles. The molecule has 0 aliphatic rings.